The summed E-state index contributed by atoms with van der Waals surface area (Å²) in [6.07, 6.45) is -26.3. The highest BCUT2D eigenvalue weighted by atomic mass is 31.2. The first-order valence-corrected chi connectivity index (χ1v) is 53.6. The molecular weight excluding hydrogens is 2000 g/mol. The molecule has 8 saturated heterocycles. The molecule has 57 nitrogen and oxygen atoms in total. The van der Waals surface area contributed by atoms with Crippen molar-refractivity contribution in [2.24, 2.45) is 21.7 Å². The van der Waals surface area contributed by atoms with Gasteiger partial charge in [0.25, 0.3) is 0 Å². The van der Waals surface area contributed by atoms with Gasteiger partial charge >= 0.3 is 39.1 Å². The molecule has 0 radical (unpaired) electrons. The predicted molar refractivity (Wildman–Crippen MR) is 472 cm³/mol. The van der Waals surface area contributed by atoms with Crippen LogP contribution in [0.5, 0.6) is 0 Å². The average Bonchev–Trinajstić information content (AvgIpc) is 0.807. The van der Waals surface area contributed by atoms with Crippen LogP contribution in [-0.2, 0) is 144 Å². The van der Waals surface area contributed by atoms with E-state index in [0.717, 1.165) is 34.8 Å². The molecule has 8 fully saturated rings. The van der Waals surface area contributed by atoms with Gasteiger partial charge in [0.05, 0.1) is 145 Å². The van der Waals surface area contributed by atoms with E-state index in [-0.39, 0.29) is 143 Å². The van der Waals surface area contributed by atoms with Crippen molar-refractivity contribution in [3.8, 4) is 0 Å². The van der Waals surface area contributed by atoms with Gasteiger partial charge in [-0.25, -0.2) is 22.8 Å². The first kappa shape index (κ1) is 122. The number of phosphoric ester groups is 5. The molecule has 25 atom stereocenters. The normalized spacial score (nSPS) is 31.2. The molecule has 816 valence electrons. The van der Waals surface area contributed by atoms with Gasteiger partial charge in [-0.3, -0.25) is 83.6 Å². The Morgan fingerprint density at radius 1 is 0.298 bits per heavy atom. The van der Waals surface area contributed by atoms with Gasteiger partial charge in [-0.15, -0.1) is 0 Å². The number of hydrogen-bond acceptors (Lipinski definition) is 44. The summed E-state index contributed by atoms with van der Waals surface area (Å²) in [5.74, 6) is -4.81. The van der Waals surface area contributed by atoms with Crippen molar-refractivity contribution in [1.82, 2.24) is 40.9 Å². The fourth-order valence-electron chi connectivity index (χ4n) is 17.0. The zero-order chi connectivity index (χ0) is 104. The summed E-state index contributed by atoms with van der Waals surface area (Å²) in [5, 5.41) is 145. The maximum Gasteiger partial charge on any atom is 0.472 e. The molecule has 62 heteroatoms. The summed E-state index contributed by atoms with van der Waals surface area (Å²) >= 11 is 0. The smallest absolute Gasteiger partial charge is 0.396 e. The Balaban J connectivity index is 0.983. The van der Waals surface area contributed by atoms with Gasteiger partial charge in [0.2, 0.25) is 47.3 Å². The van der Waals surface area contributed by atoms with Gasteiger partial charge in [0.15, 0.2) is 25.2 Å². The third kappa shape index (κ3) is 37.0. The lowest BCUT2D eigenvalue weighted by atomic mass is 9.80. The fraction of sp³-hybridized carbons (Fsp3) is 0.899. The standard InChI is InChI=1S/C79H141N8O49P5/c1-48(93)80-60-68(105)64(101)52(36-88)133-72(60)120-32-10-56(97)84-22-14-76(40-92,15-23-84)41-126-139(113,114)128-44-78(18-26-86(27-19-78)58(99)12-34-122-74-62(82-50(3)95)70(107)66(103)54(38-90)135-74)45-130-141(117,118)132-47-79(20-28-87(29-21-79)59(100)13-35-123-75-63(83-51(4)96)71(108)67(104)55(39-91)136-75)46-131-140(115,116)129-43-77(42-127-138(111,112)125-31-9-7-6-8-30-124-137(109,110)119-5)16-24-85(25-17-77)57(98)11-33-121-73-61(81-49(2)94)69(106)65(102)53(37-89)134-73/h52-55,60-75,88-92,101-108H,6-47H2,1-5H3,(H,80,93)(H,81,94)(H,82,95)(H,83,96)(H,109,110)(H,111,112)(H,113,114)(H,115,116)(H,117,118). The Bertz CT molecular complexity index is 4230. The summed E-state index contributed by atoms with van der Waals surface area (Å²) in [6, 6.07) is -5.40. The summed E-state index contributed by atoms with van der Waals surface area (Å²) in [5.41, 5.74) is -6.16. The van der Waals surface area contributed by atoms with Crippen LogP contribution in [0.25, 0.3) is 0 Å². The second kappa shape index (κ2) is 55.8. The van der Waals surface area contributed by atoms with Crippen LogP contribution < -0.4 is 21.3 Å². The van der Waals surface area contributed by atoms with Gasteiger partial charge in [-0.05, 0) is 64.2 Å². The van der Waals surface area contributed by atoms with Crippen molar-refractivity contribution in [2.45, 2.75) is 253 Å². The number of unbranched alkanes of at least 4 members (excludes halogenated alkanes) is 3. The Kier molecular flexibility index (Phi) is 48.2. The summed E-state index contributed by atoms with van der Waals surface area (Å²) in [4.78, 5) is 165. The van der Waals surface area contributed by atoms with E-state index in [9.17, 15) is 152 Å². The maximum absolute atomic E-state index is 14.6. The number of phosphoric acid groups is 5. The van der Waals surface area contributed by atoms with Gasteiger partial charge in [0.1, 0.15) is 97.4 Å². The van der Waals surface area contributed by atoms with Crippen molar-refractivity contribution in [1.29, 1.82) is 0 Å². The minimum atomic E-state index is -5.52. The molecular formula is C79H141N8O49P5. The second-order valence-corrected chi connectivity index (χ2v) is 43.8. The fourth-order valence-corrected chi connectivity index (χ4v) is 21.2. The number of carbonyl (C=O) groups is 8. The summed E-state index contributed by atoms with van der Waals surface area (Å²) in [6.45, 7) is -8.56. The lowest BCUT2D eigenvalue weighted by molar-refractivity contribution is -0.270. The molecule has 0 aliphatic carbocycles. The van der Waals surface area contributed by atoms with E-state index in [4.69, 9.17) is 78.6 Å². The molecule has 25 unspecified atom stereocenters. The Hall–Kier alpha value is -4.53. The number of aliphatic hydroxyl groups is 13. The number of ether oxygens (including phenoxy) is 8. The van der Waals surface area contributed by atoms with Crippen LogP contribution >= 0.6 is 39.1 Å². The molecule has 0 aromatic rings. The Labute approximate surface area is 812 Å². The topological polar surface area (TPSA) is 813 Å². The lowest BCUT2D eigenvalue weighted by Crippen LogP contribution is -2.64. The number of likely N-dealkylation sites (tertiary alicyclic amines) is 4. The van der Waals surface area contributed by atoms with E-state index in [1.54, 1.807) is 0 Å². The van der Waals surface area contributed by atoms with E-state index in [1.165, 1.54) is 19.6 Å². The second-order valence-electron chi connectivity index (χ2n) is 36.4. The van der Waals surface area contributed by atoms with E-state index < -0.39 is 343 Å². The van der Waals surface area contributed by atoms with E-state index in [0.29, 0.717) is 19.3 Å². The zero-order valence-electron chi connectivity index (χ0n) is 79.0. The highest BCUT2D eigenvalue weighted by Crippen LogP contribution is 2.55. The van der Waals surface area contributed by atoms with Crippen LogP contribution in [0.1, 0.15) is 130 Å². The molecule has 8 heterocycles. The number of amides is 8. The number of nitrogens with one attached hydrogen (secondary N) is 4. The predicted octanol–water partition coefficient (Wildman–Crippen LogP) is -6.33. The lowest BCUT2D eigenvalue weighted by Gasteiger charge is -2.43. The molecule has 0 aromatic heterocycles. The first-order valence-electron chi connectivity index (χ1n) is 46.1. The summed E-state index contributed by atoms with van der Waals surface area (Å²) < 4.78 is 168. The quantitative estimate of drug-likeness (QED) is 0.0199. The van der Waals surface area contributed by atoms with Crippen LogP contribution in [0.2, 0.25) is 0 Å². The molecule has 0 aromatic carbocycles. The molecule has 8 aliphatic rings. The third-order valence-electron chi connectivity index (χ3n) is 26.0. The van der Waals surface area contributed by atoms with Gasteiger partial charge in [-0.1, -0.05) is 12.8 Å². The molecule has 0 bridgehead atoms. The highest BCUT2D eigenvalue weighted by Gasteiger charge is 2.53. The van der Waals surface area contributed by atoms with Crippen LogP contribution in [0.3, 0.4) is 0 Å². The molecule has 8 aliphatic heterocycles. The first-order chi connectivity index (χ1) is 66.3. The number of nitrogens with zero attached hydrogens (tertiary/aromatic N) is 4. The highest BCUT2D eigenvalue weighted by molar-refractivity contribution is 7.48. The minimum Gasteiger partial charge on any atom is -0.396 e. The van der Waals surface area contributed by atoms with Crippen molar-refractivity contribution >= 4 is 86.4 Å². The number of carbonyl (C=O) groups excluding carboxylic acids is 8. The van der Waals surface area contributed by atoms with Gasteiger partial charge in [-0.2, -0.15) is 0 Å². The molecule has 0 saturated carbocycles. The molecule has 0 spiro atoms. The van der Waals surface area contributed by atoms with Crippen LogP contribution in [-0.4, -0.2) is 459 Å². The van der Waals surface area contributed by atoms with Crippen molar-refractivity contribution < 1.29 is 235 Å². The van der Waals surface area contributed by atoms with Crippen molar-refractivity contribution in [3.05, 3.63) is 0 Å². The SMILES string of the molecule is COP(=O)(O)OCCCCCCOP(=O)(O)OCC1(COP(=O)(O)OCC2(COP(=O)(O)OCC3(COP(=O)(O)OCC4(CO)CCN(C(=O)CCOC5OC(CO)C(O)C(O)C5NC(C)=O)CC4)CCN(C(=O)CCOC4OC(CO)C(O)C(O)C4NC(C)=O)CC3)CCN(C(=O)CCOC3OC(CO)C(O)C(O)C3NC(C)=O)CC2)CCN(C(=O)CCOC2OC(CO)C(O)C(O)C2NC(C)=O)CC1. The van der Waals surface area contributed by atoms with Crippen molar-refractivity contribution in [3.63, 3.8) is 0 Å². The van der Waals surface area contributed by atoms with E-state index in [2.05, 4.69) is 25.8 Å². The average molecular weight is 2140 g/mol. The number of hydrogen-bond donors (Lipinski definition) is 22. The summed E-state index contributed by atoms with van der Waals surface area (Å²) in [7, 11) is -24.5. The maximum atomic E-state index is 14.6. The third-order valence-corrected chi connectivity index (χ3v) is 30.6. The zero-order valence-corrected chi connectivity index (χ0v) is 83.4. The van der Waals surface area contributed by atoms with E-state index >= 15 is 0 Å². The molecule has 141 heavy (non-hydrogen) atoms. The molecule has 22 N–H and O–H groups in total. The monoisotopic (exact) mass is 2140 g/mol. The molecule has 8 amide bonds. The number of aliphatic hydroxyl groups excluding tert-OH is 13. The van der Waals surface area contributed by atoms with Gasteiger partial charge in [0, 0.05) is 109 Å². The van der Waals surface area contributed by atoms with Crippen LogP contribution in [0.15, 0.2) is 0 Å². The Morgan fingerprint density at radius 2 is 0.496 bits per heavy atom. The number of piperidine rings is 4. The van der Waals surface area contributed by atoms with Gasteiger partial charge < -0.3 is 170 Å². The number of rotatable bonds is 56. The van der Waals surface area contributed by atoms with Crippen molar-refractivity contribution in [2.75, 3.05) is 178 Å². The van der Waals surface area contributed by atoms with E-state index in [1.807, 2.05) is 0 Å². The Morgan fingerprint density at radius 3 is 0.695 bits per heavy atom. The van der Waals surface area contributed by atoms with Crippen LogP contribution in [0, 0.1) is 21.7 Å². The van der Waals surface area contributed by atoms with Crippen LogP contribution in [0.4, 0.5) is 0 Å². The molecule has 8 rings (SSSR count). The largest absolute Gasteiger partial charge is 0.472 e. The minimum absolute atomic E-state index is 0.00983.